The number of fused-ring (bicyclic) bond motifs is 1. The molecule has 2 aromatic rings. The summed E-state index contributed by atoms with van der Waals surface area (Å²) in [5.74, 6) is 0.313. The Morgan fingerprint density at radius 1 is 1.15 bits per heavy atom. The van der Waals surface area contributed by atoms with Gasteiger partial charge in [-0.3, -0.25) is 0 Å². The molecule has 0 N–H and O–H groups in total. The summed E-state index contributed by atoms with van der Waals surface area (Å²) in [5, 5.41) is 0. The van der Waals surface area contributed by atoms with E-state index in [0.29, 0.717) is 5.92 Å². The molecule has 0 spiro atoms. The topological polar surface area (TPSA) is 0 Å². The van der Waals surface area contributed by atoms with Crippen LogP contribution in [0.2, 0.25) is 0 Å². The van der Waals surface area contributed by atoms with E-state index in [1.807, 2.05) is 6.07 Å². The summed E-state index contributed by atoms with van der Waals surface area (Å²) in [7, 11) is 0. The van der Waals surface area contributed by atoms with Crippen molar-refractivity contribution in [1.82, 2.24) is 0 Å². The van der Waals surface area contributed by atoms with Gasteiger partial charge in [-0.1, -0.05) is 31.2 Å². The van der Waals surface area contributed by atoms with E-state index in [1.165, 1.54) is 21.6 Å². The maximum atomic E-state index is 13.3. The predicted molar refractivity (Wildman–Crippen MR) is 85.4 cm³/mol. The summed E-state index contributed by atoms with van der Waals surface area (Å²) >= 11 is 1.75. The second kappa shape index (κ2) is 5.45. The summed E-state index contributed by atoms with van der Waals surface area (Å²) in [4.78, 5) is 1.27. The molecule has 0 heterocycles. The average Bonchev–Trinajstić information content (AvgIpc) is 2.75. The molecule has 20 heavy (non-hydrogen) atoms. The molecule has 2 aromatic carbocycles. The fraction of sp³-hybridized carbons (Fsp3) is 0.222. The Bertz CT molecular complexity index is 656. The Kier molecular flexibility index (Phi) is 3.66. The zero-order valence-corrected chi connectivity index (χ0v) is 12.5. The normalized spacial score (nSPS) is 19.4. The molecule has 0 fully saturated rings. The predicted octanol–water partition coefficient (Wildman–Crippen LogP) is 5.28. The molecule has 2 heteroatoms. The van der Waals surface area contributed by atoms with Gasteiger partial charge in [-0.25, -0.2) is 4.39 Å². The Morgan fingerprint density at radius 2 is 1.90 bits per heavy atom. The lowest BCUT2D eigenvalue weighted by molar-refractivity contribution is 0.625. The molecule has 0 bridgehead atoms. The smallest absolute Gasteiger partial charge is 0.123 e. The highest BCUT2D eigenvalue weighted by Crippen LogP contribution is 2.38. The molecule has 0 nitrogen and oxygen atoms in total. The van der Waals surface area contributed by atoms with E-state index in [-0.39, 0.29) is 5.82 Å². The minimum absolute atomic E-state index is 0.137. The third kappa shape index (κ3) is 2.53. The van der Waals surface area contributed by atoms with Gasteiger partial charge in [0.25, 0.3) is 0 Å². The summed E-state index contributed by atoms with van der Waals surface area (Å²) in [5.41, 5.74) is 4.86. The van der Waals surface area contributed by atoms with E-state index in [0.717, 1.165) is 12.0 Å². The largest absolute Gasteiger partial charge is 0.207 e. The minimum atomic E-state index is -0.137. The van der Waals surface area contributed by atoms with Gasteiger partial charge < -0.3 is 0 Å². The first-order chi connectivity index (χ1) is 9.67. The molecule has 1 aliphatic carbocycles. The van der Waals surface area contributed by atoms with Gasteiger partial charge in [0.15, 0.2) is 0 Å². The van der Waals surface area contributed by atoms with Crippen LogP contribution in [0.5, 0.6) is 0 Å². The van der Waals surface area contributed by atoms with Crippen molar-refractivity contribution in [3.63, 3.8) is 0 Å². The van der Waals surface area contributed by atoms with Crippen LogP contribution in [0, 0.1) is 11.7 Å². The van der Waals surface area contributed by atoms with Gasteiger partial charge in [-0.05, 0) is 65.1 Å². The van der Waals surface area contributed by atoms with Gasteiger partial charge in [0.1, 0.15) is 5.82 Å². The number of hydrogen-bond acceptors (Lipinski definition) is 1. The second-order valence-corrected chi connectivity index (χ2v) is 6.16. The van der Waals surface area contributed by atoms with E-state index >= 15 is 0 Å². The van der Waals surface area contributed by atoms with E-state index in [2.05, 4.69) is 43.5 Å². The lowest BCUT2D eigenvalue weighted by Crippen LogP contribution is -1.90. The van der Waals surface area contributed by atoms with E-state index in [4.69, 9.17) is 0 Å². The van der Waals surface area contributed by atoms with Crippen LogP contribution in [0.1, 0.15) is 23.6 Å². The molecular formula is C18H17FS. The molecule has 0 aliphatic heterocycles. The first kappa shape index (κ1) is 13.4. The molecule has 0 radical (unpaired) electrons. The number of hydrogen-bond donors (Lipinski definition) is 0. The standard InChI is InChI=1S/C18H17FS/c1-12-9-14-11-15(19)5-8-17(14)18(12)10-13-3-6-16(20-2)7-4-13/h3-8,10-12H,9H2,1-2H3/b18-10+. The highest BCUT2D eigenvalue weighted by Gasteiger charge is 2.23. The molecule has 102 valence electrons. The summed E-state index contributed by atoms with van der Waals surface area (Å²) in [6.45, 7) is 2.21. The highest BCUT2D eigenvalue weighted by molar-refractivity contribution is 7.98. The maximum absolute atomic E-state index is 13.3. The van der Waals surface area contributed by atoms with Crippen LogP contribution in [0.3, 0.4) is 0 Å². The van der Waals surface area contributed by atoms with Crippen molar-refractivity contribution in [2.75, 3.05) is 6.26 Å². The number of benzene rings is 2. The maximum Gasteiger partial charge on any atom is 0.123 e. The third-order valence-electron chi connectivity index (χ3n) is 3.87. The average molecular weight is 284 g/mol. The highest BCUT2D eigenvalue weighted by atomic mass is 32.2. The Morgan fingerprint density at radius 3 is 2.60 bits per heavy atom. The van der Waals surface area contributed by atoms with Gasteiger partial charge in [0.05, 0.1) is 0 Å². The molecule has 0 saturated heterocycles. The monoisotopic (exact) mass is 284 g/mol. The van der Waals surface area contributed by atoms with Gasteiger partial charge >= 0.3 is 0 Å². The quantitative estimate of drug-likeness (QED) is 0.676. The summed E-state index contributed by atoms with van der Waals surface area (Å²) in [6, 6.07) is 13.7. The third-order valence-corrected chi connectivity index (χ3v) is 4.62. The van der Waals surface area contributed by atoms with Crippen molar-refractivity contribution < 1.29 is 4.39 Å². The van der Waals surface area contributed by atoms with Gasteiger partial charge in [-0.2, -0.15) is 0 Å². The van der Waals surface area contributed by atoms with Crippen LogP contribution < -0.4 is 0 Å². The fourth-order valence-corrected chi connectivity index (χ4v) is 3.23. The molecule has 3 rings (SSSR count). The molecular weight excluding hydrogens is 267 g/mol. The molecule has 1 unspecified atom stereocenters. The van der Waals surface area contributed by atoms with Gasteiger partial charge in [0, 0.05) is 4.90 Å². The lowest BCUT2D eigenvalue weighted by Gasteiger charge is -2.06. The Balaban J connectivity index is 1.99. The zero-order valence-electron chi connectivity index (χ0n) is 11.7. The van der Waals surface area contributed by atoms with Crippen LogP contribution in [0.25, 0.3) is 11.6 Å². The SMILES string of the molecule is CSc1ccc(/C=C2/c3ccc(F)cc3CC2C)cc1. The van der Waals surface area contributed by atoms with Crippen LogP contribution in [0.4, 0.5) is 4.39 Å². The van der Waals surface area contributed by atoms with Crippen molar-refractivity contribution in [3.8, 4) is 0 Å². The summed E-state index contributed by atoms with van der Waals surface area (Å²) < 4.78 is 13.3. The van der Waals surface area contributed by atoms with E-state index in [9.17, 15) is 4.39 Å². The van der Waals surface area contributed by atoms with Crippen LogP contribution >= 0.6 is 11.8 Å². The molecule has 0 amide bonds. The van der Waals surface area contributed by atoms with Crippen molar-refractivity contribution in [1.29, 1.82) is 0 Å². The fourth-order valence-electron chi connectivity index (χ4n) is 2.82. The van der Waals surface area contributed by atoms with Crippen molar-refractivity contribution in [3.05, 3.63) is 65.0 Å². The Hall–Kier alpha value is -1.54. The summed E-state index contributed by atoms with van der Waals surface area (Å²) in [6.07, 6.45) is 5.25. The number of rotatable bonds is 2. The van der Waals surface area contributed by atoms with Crippen LogP contribution in [-0.4, -0.2) is 6.26 Å². The molecule has 0 aromatic heterocycles. The first-order valence-electron chi connectivity index (χ1n) is 6.82. The van der Waals surface area contributed by atoms with Gasteiger partial charge in [0.2, 0.25) is 0 Å². The second-order valence-electron chi connectivity index (χ2n) is 5.28. The van der Waals surface area contributed by atoms with Crippen molar-refractivity contribution in [2.45, 2.75) is 18.2 Å². The number of thioether (sulfide) groups is 1. The minimum Gasteiger partial charge on any atom is -0.207 e. The Labute approximate surface area is 123 Å². The van der Waals surface area contributed by atoms with Crippen molar-refractivity contribution >= 4 is 23.4 Å². The van der Waals surface area contributed by atoms with Crippen molar-refractivity contribution in [2.24, 2.45) is 5.92 Å². The zero-order chi connectivity index (χ0) is 14.1. The number of allylic oxidation sites excluding steroid dienone is 1. The van der Waals surface area contributed by atoms with Gasteiger partial charge in [-0.15, -0.1) is 11.8 Å². The van der Waals surface area contributed by atoms with Crippen LogP contribution in [-0.2, 0) is 6.42 Å². The number of halogens is 1. The van der Waals surface area contributed by atoms with Crippen LogP contribution in [0.15, 0.2) is 47.4 Å². The van der Waals surface area contributed by atoms with E-state index in [1.54, 1.807) is 23.9 Å². The van der Waals surface area contributed by atoms with E-state index < -0.39 is 0 Å². The molecule has 1 atom stereocenters. The molecule has 0 saturated carbocycles. The first-order valence-corrected chi connectivity index (χ1v) is 8.04. The molecule has 1 aliphatic rings. The lowest BCUT2D eigenvalue weighted by atomic mass is 9.99.